The standard InChI is InChI=1S/C16H17N7O2S/c1-8-6-9(2)23-15(17-8)21-14(22-23)19-12(24)7-26-16-18-11-5-3-4-10(11)13(25)20-16/h6H,3-5,7H2,1-2H3,(H,18,20,25)(H,19,22,24). The summed E-state index contributed by atoms with van der Waals surface area (Å²) in [5.41, 5.74) is 3.23. The molecule has 0 radical (unpaired) electrons. The number of rotatable bonds is 4. The largest absolute Gasteiger partial charge is 0.301 e. The Morgan fingerprint density at radius 3 is 3.00 bits per heavy atom. The van der Waals surface area contributed by atoms with E-state index in [2.05, 4.69) is 30.4 Å². The molecule has 0 unspecified atom stereocenters. The van der Waals surface area contributed by atoms with Crippen molar-refractivity contribution in [1.82, 2.24) is 29.5 Å². The molecule has 0 spiro atoms. The van der Waals surface area contributed by atoms with Crippen molar-refractivity contribution in [3.8, 4) is 0 Å². The number of carbonyl (C=O) groups is 1. The van der Waals surface area contributed by atoms with Gasteiger partial charge in [-0.1, -0.05) is 11.8 Å². The highest BCUT2D eigenvalue weighted by atomic mass is 32.2. The number of aromatic amines is 1. The number of amides is 1. The minimum atomic E-state index is -0.275. The molecule has 9 nitrogen and oxygen atoms in total. The fraction of sp³-hybridized carbons (Fsp3) is 0.375. The van der Waals surface area contributed by atoms with Gasteiger partial charge in [0.25, 0.3) is 17.3 Å². The summed E-state index contributed by atoms with van der Waals surface area (Å²) in [5, 5.41) is 7.35. The molecule has 134 valence electrons. The van der Waals surface area contributed by atoms with Crippen LogP contribution in [0.25, 0.3) is 5.78 Å². The Morgan fingerprint density at radius 1 is 1.31 bits per heavy atom. The molecule has 0 atom stereocenters. The van der Waals surface area contributed by atoms with Crippen LogP contribution >= 0.6 is 11.8 Å². The number of carbonyl (C=O) groups excluding carboxylic acids is 1. The first-order valence-corrected chi connectivity index (χ1v) is 9.24. The van der Waals surface area contributed by atoms with Crippen molar-refractivity contribution >= 4 is 29.4 Å². The second-order valence-corrected chi connectivity index (χ2v) is 7.14. The summed E-state index contributed by atoms with van der Waals surface area (Å²) in [5.74, 6) is 0.466. The van der Waals surface area contributed by atoms with Gasteiger partial charge in [-0.05, 0) is 39.2 Å². The lowest BCUT2D eigenvalue weighted by atomic mass is 10.3. The zero-order valence-corrected chi connectivity index (χ0v) is 15.2. The van der Waals surface area contributed by atoms with Crippen LogP contribution in [0.2, 0.25) is 0 Å². The number of fused-ring (bicyclic) bond motifs is 2. The third kappa shape index (κ3) is 3.19. The predicted molar refractivity (Wildman–Crippen MR) is 96.5 cm³/mol. The lowest BCUT2D eigenvalue weighted by Gasteiger charge is -2.03. The van der Waals surface area contributed by atoms with Crippen LogP contribution in [0.1, 0.15) is 29.1 Å². The van der Waals surface area contributed by atoms with Crippen LogP contribution in [-0.4, -0.2) is 41.2 Å². The molecule has 3 aromatic rings. The maximum atomic E-state index is 12.2. The van der Waals surface area contributed by atoms with E-state index in [1.54, 1.807) is 4.52 Å². The number of hydrogen-bond acceptors (Lipinski definition) is 7. The van der Waals surface area contributed by atoms with E-state index in [1.165, 1.54) is 11.8 Å². The molecule has 2 N–H and O–H groups in total. The van der Waals surface area contributed by atoms with Crippen molar-refractivity contribution in [3.63, 3.8) is 0 Å². The molecule has 1 amide bonds. The van der Waals surface area contributed by atoms with Crippen molar-refractivity contribution in [2.45, 2.75) is 38.3 Å². The Morgan fingerprint density at radius 2 is 2.15 bits per heavy atom. The van der Waals surface area contributed by atoms with Gasteiger partial charge in [-0.3, -0.25) is 14.9 Å². The van der Waals surface area contributed by atoms with E-state index in [0.717, 1.165) is 41.9 Å². The highest BCUT2D eigenvalue weighted by molar-refractivity contribution is 7.99. The van der Waals surface area contributed by atoms with Crippen molar-refractivity contribution in [1.29, 1.82) is 0 Å². The summed E-state index contributed by atoms with van der Waals surface area (Å²) in [6.45, 7) is 3.77. The van der Waals surface area contributed by atoms with E-state index < -0.39 is 0 Å². The van der Waals surface area contributed by atoms with Crippen LogP contribution in [0, 0.1) is 13.8 Å². The van der Waals surface area contributed by atoms with E-state index in [0.29, 0.717) is 10.9 Å². The summed E-state index contributed by atoms with van der Waals surface area (Å²) in [6.07, 6.45) is 2.54. The summed E-state index contributed by atoms with van der Waals surface area (Å²) in [7, 11) is 0. The monoisotopic (exact) mass is 371 g/mol. The smallest absolute Gasteiger partial charge is 0.254 e. The topological polar surface area (TPSA) is 118 Å². The summed E-state index contributed by atoms with van der Waals surface area (Å²) < 4.78 is 1.58. The normalized spacial score (nSPS) is 13.2. The van der Waals surface area contributed by atoms with E-state index in [4.69, 9.17) is 0 Å². The number of thioether (sulfide) groups is 1. The van der Waals surface area contributed by atoms with Gasteiger partial charge in [0.1, 0.15) is 0 Å². The van der Waals surface area contributed by atoms with Crippen LogP contribution in [0.4, 0.5) is 5.95 Å². The number of aryl methyl sites for hydroxylation is 3. The zero-order chi connectivity index (χ0) is 18.3. The molecule has 0 saturated heterocycles. The first-order valence-electron chi connectivity index (χ1n) is 8.25. The summed E-state index contributed by atoms with van der Waals surface area (Å²) in [6, 6.07) is 1.89. The molecule has 0 saturated carbocycles. The molecule has 1 aliphatic rings. The Kier molecular flexibility index (Phi) is 4.19. The molecular weight excluding hydrogens is 354 g/mol. The maximum Gasteiger partial charge on any atom is 0.254 e. The molecule has 3 aromatic heterocycles. The molecule has 0 aliphatic heterocycles. The average molecular weight is 371 g/mol. The second-order valence-electron chi connectivity index (χ2n) is 6.17. The van der Waals surface area contributed by atoms with Gasteiger partial charge in [-0.15, -0.1) is 5.10 Å². The van der Waals surface area contributed by atoms with Gasteiger partial charge in [-0.2, -0.15) is 9.50 Å². The number of nitrogens with one attached hydrogen (secondary N) is 2. The van der Waals surface area contributed by atoms with Crippen LogP contribution in [0.5, 0.6) is 0 Å². The first kappa shape index (κ1) is 16.7. The quantitative estimate of drug-likeness (QED) is 0.520. The van der Waals surface area contributed by atoms with Crippen molar-refractivity contribution in [2.75, 3.05) is 11.1 Å². The minimum Gasteiger partial charge on any atom is -0.301 e. The lowest BCUT2D eigenvalue weighted by molar-refractivity contribution is -0.113. The van der Waals surface area contributed by atoms with E-state index >= 15 is 0 Å². The van der Waals surface area contributed by atoms with Crippen LogP contribution in [0.15, 0.2) is 16.0 Å². The van der Waals surface area contributed by atoms with Crippen LogP contribution in [-0.2, 0) is 17.6 Å². The van der Waals surface area contributed by atoms with Gasteiger partial charge >= 0.3 is 0 Å². The molecule has 10 heteroatoms. The Labute approximate surface area is 152 Å². The fourth-order valence-electron chi connectivity index (χ4n) is 3.00. The Balaban J connectivity index is 1.44. The van der Waals surface area contributed by atoms with Crippen molar-refractivity contribution in [3.05, 3.63) is 39.1 Å². The molecule has 0 fully saturated rings. The minimum absolute atomic E-state index is 0.0999. The van der Waals surface area contributed by atoms with Crippen molar-refractivity contribution in [2.24, 2.45) is 0 Å². The second kappa shape index (κ2) is 6.52. The van der Waals surface area contributed by atoms with Crippen molar-refractivity contribution < 1.29 is 4.79 Å². The lowest BCUT2D eigenvalue weighted by Crippen LogP contribution is -2.18. The Bertz CT molecular complexity index is 1070. The molecule has 26 heavy (non-hydrogen) atoms. The predicted octanol–water partition coefficient (Wildman–Crippen LogP) is 1.04. The van der Waals surface area contributed by atoms with Gasteiger partial charge in [0.05, 0.1) is 11.4 Å². The van der Waals surface area contributed by atoms with Gasteiger partial charge < -0.3 is 4.98 Å². The Hall–Kier alpha value is -2.75. The SMILES string of the molecule is Cc1cc(C)n2nc(NC(=O)CSc3nc4c(c(=O)[nH]3)CCC4)nc2n1. The third-order valence-corrected chi connectivity index (χ3v) is 5.00. The molecule has 4 rings (SSSR count). The van der Waals surface area contributed by atoms with Gasteiger partial charge in [0, 0.05) is 17.0 Å². The molecule has 0 bridgehead atoms. The first-order chi connectivity index (χ1) is 12.5. The number of anilines is 1. The van der Waals surface area contributed by atoms with E-state index in [1.807, 2.05) is 19.9 Å². The average Bonchev–Trinajstić information content (AvgIpc) is 3.19. The van der Waals surface area contributed by atoms with Gasteiger partial charge in [0.2, 0.25) is 5.91 Å². The number of aromatic nitrogens is 6. The summed E-state index contributed by atoms with van der Waals surface area (Å²) in [4.78, 5) is 39.8. The summed E-state index contributed by atoms with van der Waals surface area (Å²) >= 11 is 1.18. The zero-order valence-electron chi connectivity index (χ0n) is 14.4. The van der Waals surface area contributed by atoms with Gasteiger partial charge in [0.15, 0.2) is 5.16 Å². The van der Waals surface area contributed by atoms with Crippen LogP contribution < -0.4 is 10.9 Å². The number of hydrogen-bond donors (Lipinski definition) is 2. The molecule has 1 aliphatic carbocycles. The fourth-order valence-corrected chi connectivity index (χ4v) is 3.68. The number of nitrogens with zero attached hydrogens (tertiary/aromatic N) is 5. The molecular formula is C16H17N7O2S. The highest BCUT2D eigenvalue weighted by Gasteiger charge is 2.18. The molecule has 3 heterocycles. The highest BCUT2D eigenvalue weighted by Crippen LogP contribution is 2.19. The molecule has 0 aromatic carbocycles. The van der Waals surface area contributed by atoms with E-state index in [9.17, 15) is 9.59 Å². The van der Waals surface area contributed by atoms with E-state index in [-0.39, 0.29) is 23.2 Å². The van der Waals surface area contributed by atoms with Gasteiger partial charge in [-0.25, -0.2) is 9.97 Å². The number of H-pyrrole nitrogens is 1. The third-order valence-electron chi connectivity index (χ3n) is 4.13. The maximum absolute atomic E-state index is 12.2. The van der Waals surface area contributed by atoms with Crippen LogP contribution in [0.3, 0.4) is 0 Å².